The minimum Gasteiger partial charge on any atom is -0.481 e. The van der Waals surface area contributed by atoms with Crippen molar-refractivity contribution in [2.45, 2.75) is 12.8 Å². The Kier molecular flexibility index (Phi) is 4.58. The van der Waals surface area contributed by atoms with Crippen molar-refractivity contribution >= 4 is 27.9 Å². The van der Waals surface area contributed by atoms with E-state index in [9.17, 15) is 9.59 Å². The van der Waals surface area contributed by atoms with Crippen LogP contribution in [-0.4, -0.2) is 22.2 Å². The summed E-state index contributed by atoms with van der Waals surface area (Å²) in [7, 11) is 0. The minimum atomic E-state index is -1.11. The van der Waals surface area contributed by atoms with Gasteiger partial charge in [0.05, 0.1) is 12.3 Å². The lowest BCUT2D eigenvalue weighted by molar-refractivity contribution is -0.148. The van der Waals surface area contributed by atoms with E-state index in [1.54, 1.807) is 0 Å². The van der Waals surface area contributed by atoms with Crippen molar-refractivity contribution in [1.82, 2.24) is 0 Å². The third-order valence-corrected chi connectivity index (χ3v) is 1.56. The lowest BCUT2D eigenvalue weighted by atomic mass is 10.0. The number of carbonyl (C=O) groups is 2. The zero-order chi connectivity index (χ0) is 9.72. The monoisotopic (exact) mass is 236 g/mol. The zero-order valence-electron chi connectivity index (χ0n) is 6.29. The maximum atomic E-state index is 10.4. The summed E-state index contributed by atoms with van der Waals surface area (Å²) < 4.78 is 0.496. The molecular weight excluding hydrogens is 228 g/mol. The summed E-state index contributed by atoms with van der Waals surface area (Å²) in [5, 5.41) is 16.9. The van der Waals surface area contributed by atoms with Crippen LogP contribution in [0.15, 0.2) is 11.1 Å². The van der Waals surface area contributed by atoms with Crippen molar-refractivity contribution in [3.63, 3.8) is 0 Å². The number of hydrogen-bond acceptors (Lipinski definition) is 2. The van der Waals surface area contributed by atoms with Crippen molar-refractivity contribution in [3.8, 4) is 0 Å². The average molecular weight is 237 g/mol. The van der Waals surface area contributed by atoms with E-state index in [1.165, 1.54) is 0 Å². The van der Waals surface area contributed by atoms with Gasteiger partial charge < -0.3 is 10.2 Å². The summed E-state index contributed by atoms with van der Waals surface area (Å²) in [5.41, 5.74) is 0. The number of aliphatic carboxylic acids is 2. The fourth-order valence-corrected chi connectivity index (χ4v) is 1.12. The number of carboxylic acid groups (broad SMARTS) is 2. The van der Waals surface area contributed by atoms with E-state index in [4.69, 9.17) is 10.2 Å². The van der Waals surface area contributed by atoms with Gasteiger partial charge in [0, 0.05) is 0 Å². The van der Waals surface area contributed by atoms with E-state index < -0.39 is 17.9 Å². The van der Waals surface area contributed by atoms with Crippen LogP contribution in [-0.2, 0) is 9.59 Å². The first-order valence-electron chi connectivity index (χ1n) is 3.21. The molecule has 0 bridgehead atoms. The first-order chi connectivity index (χ1) is 5.43. The van der Waals surface area contributed by atoms with Gasteiger partial charge in [-0.25, -0.2) is 0 Å². The molecule has 4 nitrogen and oxygen atoms in total. The Labute approximate surface area is 78.0 Å². The van der Waals surface area contributed by atoms with E-state index in [1.807, 2.05) is 0 Å². The van der Waals surface area contributed by atoms with E-state index in [2.05, 4.69) is 22.5 Å². The Hall–Kier alpha value is -0.840. The van der Waals surface area contributed by atoms with Crippen molar-refractivity contribution in [3.05, 3.63) is 11.1 Å². The topological polar surface area (TPSA) is 74.6 Å². The summed E-state index contributed by atoms with van der Waals surface area (Å²) in [6.07, 6.45) is -0.235. The number of halogens is 1. The molecule has 2 N–H and O–H groups in total. The number of rotatable bonds is 5. The summed E-state index contributed by atoms with van der Waals surface area (Å²) in [4.78, 5) is 20.6. The smallest absolute Gasteiger partial charge is 0.307 e. The van der Waals surface area contributed by atoms with Gasteiger partial charge in [0.15, 0.2) is 0 Å². The summed E-state index contributed by atoms with van der Waals surface area (Å²) in [5.74, 6) is -3.12. The highest BCUT2D eigenvalue weighted by Gasteiger charge is 2.20. The fraction of sp³-hybridized carbons (Fsp3) is 0.429. The van der Waals surface area contributed by atoms with Crippen LogP contribution in [0.5, 0.6) is 0 Å². The predicted octanol–water partition coefficient (Wildman–Crippen LogP) is 1.46. The second-order valence-electron chi connectivity index (χ2n) is 2.35. The first kappa shape index (κ1) is 11.2. The van der Waals surface area contributed by atoms with Gasteiger partial charge >= 0.3 is 11.9 Å². The van der Waals surface area contributed by atoms with Gasteiger partial charge in [-0.1, -0.05) is 22.5 Å². The molecule has 0 radical (unpaired) electrons. The normalized spacial score (nSPS) is 12.1. The molecule has 0 fully saturated rings. The van der Waals surface area contributed by atoms with E-state index in [0.717, 1.165) is 0 Å². The highest BCUT2D eigenvalue weighted by Crippen LogP contribution is 2.18. The maximum absolute atomic E-state index is 10.4. The molecule has 0 aromatic rings. The van der Waals surface area contributed by atoms with Gasteiger partial charge in [0.2, 0.25) is 0 Å². The Morgan fingerprint density at radius 3 is 2.08 bits per heavy atom. The van der Waals surface area contributed by atoms with Crippen LogP contribution >= 0.6 is 15.9 Å². The molecule has 0 heterocycles. The molecule has 0 rings (SSSR count). The van der Waals surface area contributed by atoms with Crippen LogP contribution < -0.4 is 0 Å². The fourth-order valence-electron chi connectivity index (χ4n) is 0.725. The van der Waals surface area contributed by atoms with Crippen LogP contribution in [0.3, 0.4) is 0 Å². The second-order valence-corrected chi connectivity index (χ2v) is 3.48. The number of allylic oxidation sites excluding steroid dienone is 1. The molecule has 0 amide bonds. The highest BCUT2D eigenvalue weighted by molar-refractivity contribution is 9.11. The van der Waals surface area contributed by atoms with Crippen LogP contribution in [0.4, 0.5) is 0 Å². The van der Waals surface area contributed by atoms with Crippen LogP contribution in [0, 0.1) is 5.92 Å². The van der Waals surface area contributed by atoms with Gasteiger partial charge in [-0.2, -0.15) is 0 Å². The number of hydrogen-bond donors (Lipinski definition) is 2. The largest absolute Gasteiger partial charge is 0.481 e. The molecule has 0 aliphatic rings. The van der Waals surface area contributed by atoms with E-state index >= 15 is 0 Å². The van der Waals surface area contributed by atoms with Gasteiger partial charge in [0.25, 0.3) is 0 Å². The molecule has 1 atom stereocenters. The Balaban J connectivity index is 4.14. The minimum absolute atomic E-state index is 0.141. The average Bonchev–Trinajstić information content (AvgIpc) is 1.83. The highest BCUT2D eigenvalue weighted by atomic mass is 79.9. The quantitative estimate of drug-likeness (QED) is 0.758. The molecule has 0 aromatic heterocycles. The third-order valence-electron chi connectivity index (χ3n) is 1.24. The molecule has 0 saturated carbocycles. The predicted molar refractivity (Wildman–Crippen MR) is 46.1 cm³/mol. The van der Waals surface area contributed by atoms with E-state index in [0.29, 0.717) is 4.48 Å². The Morgan fingerprint density at radius 2 is 1.83 bits per heavy atom. The lowest BCUT2D eigenvalue weighted by Gasteiger charge is -2.07. The van der Waals surface area contributed by atoms with Crippen LogP contribution in [0.2, 0.25) is 0 Å². The first-order valence-corrected chi connectivity index (χ1v) is 4.00. The van der Waals surface area contributed by atoms with Gasteiger partial charge in [-0.15, -0.1) is 0 Å². The van der Waals surface area contributed by atoms with Gasteiger partial charge in [-0.05, 0) is 10.9 Å². The molecule has 0 saturated heterocycles. The van der Waals surface area contributed by atoms with Crippen molar-refractivity contribution in [2.24, 2.45) is 5.92 Å². The molecule has 0 spiro atoms. The van der Waals surface area contributed by atoms with Crippen molar-refractivity contribution < 1.29 is 19.8 Å². The molecule has 0 aliphatic heterocycles. The van der Waals surface area contributed by atoms with Crippen molar-refractivity contribution in [2.75, 3.05) is 0 Å². The van der Waals surface area contributed by atoms with Gasteiger partial charge in [0.1, 0.15) is 0 Å². The third kappa shape index (κ3) is 4.90. The Morgan fingerprint density at radius 1 is 1.33 bits per heavy atom. The molecular formula is C7H9BrO4. The number of carboxylic acids is 2. The van der Waals surface area contributed by atoms with Crippen LogP contribution in [0.1, 0.15) is 12.8 Å². The standard InChI is InChI=1S/C7H9BrO4/c1-4(8)2-5(7(11)12)3-6(9)10/h5H,1-3H2,(H,9,10)(H,11,12)/t5-/m1/s1. The summed E-state index contributed by atoms with van der Waals surface area (Å²) >= 11 is 2.98. The molecule has 0 aromatic carbocycles. The van der Waals surface area contributed by atoms with E-state index in [-0.39, 0.29) is 12.8 Å². The second kappa shape index (κ2) is 4.92. The summed E-state index contributed by atoms with van der Waals surface area (Å²) in [6, 6.07) is 0. The molecule has 5 heteroatoms. The molecule has 0 aliphatic carbocycles. The Bertz CT molecular complexity index is 195. The summed E-state index contributed by atoms with van der Waals surface area (Å²) in [6.45, 7) is 3.45. The lowest BCUT2D eigenvalue weighted by Crippen LogP contribution is -2.17. The zero-order valence-corrected chi connectivity index (χ0v) is 7.87. The maximum Gasteiger partial charge on any atom is 0.307 e. The van der Waals surface area contributed by atoms with Crippen LogP contribution in [0.25, 0.3) is 0 Å². The van der Waals surface area contributed by atoms with Crippen molar-refractivity contribution in [1.29, 1.82) is 0 Å². The molecule has 68 valence electrons. The SMILES string of the molecule is C=C(Br)C[C@H](CC(=O)O)C(=O)O. The molecule has 12 heavy (non-hydrogen) atoms. The van der Waals surface area contributed by atoms with Gasteiger partial charge in [-0.3, -0.25) is 9.59 Å². The molecule has 0 unspecified atom stereocenters.